The number of piperidine rings is 1. The number of pyridine rings is 1. The summed E-state index contributed by atoms with van der Waals surface area (Å²) in [6.07, 6.45) is 4.25. The molecule has 0 aromatic carbocycles. The maximum atomic E-state index is 12.9. The molecule has 4 atom stereocenters. The fourth-order valence-electron chi connectivity index (χ4n) is 3.83. The summed E-state index contributed by atoms with van der Waals surface area (Å²) in [5.74, 6) is -0.358. The largest absolute Gasteiger partial charge is 0.393 e. The van der Waals surface area contributed by atoms with Gasteiger partial charge in [0.25, 0.3) is 0 Å². The van der Waals surface area contributed by atoms with Crippen molar-refractivity contribution in [2.45, 2.75) is 56.9 Å². The predicted octanol–water partition coefficient (Wildman–Crippen LogP) is 1.88. The van der Waals surface area contributed by atoms with Gasteiger partial charge in [-0.05, 0) is 37.8 Å². The molecule has 1 aromatic heterocycles. The van der Waals surface area contributed by atoms with Crippen LogP contribution in [0.4, 0.5) is 4.39 Å². The lowest BCUT2D eigenvalue weighted by molar-refractivity contribution is 0.00895. The highest BCUT2D eigenvalue weighted by Gasteiger charge is 2.41. The molecule has 0 saturated carbocycles. The van der Waals surface area contributed by atoms with Crippen LogP contribution in [0.2, 0.25) is 0 Å². The highest BCUT2D eigenvalue weighted by atomic mass is 19.1. The van der Waals surface area contributed by atoms with Crippen LogP contribution in [-0.2, 0) is 0 Å². The molecule has 4 unspecified atom stereocenters. The Hall–Kier alpha value is -1.04. The van der Waals surface area contributed by atoms with E-state index in [1.54, 1.807) is 6.07 Å². The zero-order chi connectivity index (χ0) is 15.0. The van der Waals surface area contributed by atoms with Crippen LogP contribution >= 0.6 is 0 Å². The zero-order valence-corrected chi connectivity index (χ0v) is 12.3. The van der Waals surface area contributed by atoms with E-state index < -0.39 is 6.10 Å². The molecule has 2 saturated heterocycles. The standard InChI is InChI=1S/C16H23FN2O2/c1-10(16(21)15-5-2-11(17)8-18-15)9-19-12-3-4-13(19)7-14(20)6-12/h2,5,8,10,12-14,16,20-21H,3-4,6-7,9H2,1H3. The highest BCUT2D eigenvalue weighted by molar-refractivity contribution is 5.09. The van der Waals surface area contributed by atoms with Crippen molar-refractivity contribution in [3.63, 3.8) is 0 Å². The number of hydrogen-bond donors (Lipinski definition) is 2. The second-order valence-corrected chi connectivity index (χ2v) is 6.53. The van der Waals surface area contributed by atoms with E-state index in [4.69, 9.17) is 0 Å². The third-order valence-electron chi connectivity index (χ3n) is 4.95. The average molecular weight is 294 g/mol. The van der Waals surface area contributed by atoms with Crippen LogP contribution < -0.4 is 0 Å². The summed E-state index contributed by atoms with van der Waals surface area (Å²) in [5.41, 5.74) is 0.522. The van der Waals surface area contributed by atoms with Gasteiger partial charge in [0, 0.05) is 24.5 Å². The lowest BCUT2D eigenvalue weighted by Gasteiger charge is -2.39. The van der Waals surface area contributed by atoms with Crippen molar-refractivity contribution in [2.24, 2.45) is 5.92 Å². The molecule has 2 aliphatic heterocycles. The molecular formula is C16H23FN2O2. The number of aliphatic hydroxyl groups is 2. The van der Waals surface area contributed by atoms with Gasteiger partial charge in [0.05, 0.1) is 24.1 Å². The molecular weight excluding hydrogens is 271 g/mol. The Morgan fingerprint density at radius 3 is 2.57 bits per heavy atom. The second kappa shape index (κ2) is 5.99. The van der Waals surface area contributed by atoms with Crippen LogP contribution in [0.25, 0.3) is 0 Å². The number of fused-ring (bicyclic) bond motifs is 2. The molecule has 0 spiro atoms. The molecule has 5 heteroatoms. The van der Waals surface area contributed by atoms with E-state index in [-0.39, 0.29) is 17.8 Å². The van der Waals surface area contributed by atoms with Crippen LogP contribution in [0, 0.1) is 11.7 Å². The van der Waals surface area contributed by atoms with Crippen LogP contribution in [0.3, 0.4) is 0 Å². The Bertz CT molecular complexity index is 468. The van der Waals surface area contributed by atoms with Crippen LogP contribution in [0.15, 0.2) is 18.3 Å². The summed E-state index contributed by atoms with van der Waals surface area (Å²) in [6, 6.07) is 3.76. The molecule has 0 radical (unpaired) electrons. The Balaban J connectivity index is 1.63. The van der Waals surface area contributed by atoms with E-state index in [0.29, 0.717) is 17.8 Å². The average Bonchev–Trinajstić information content (AvgIpc) is 2.70. The van der Waals surface area contributed by atoms with Gasteiger partial charge in [-0.2, -0.15) is 0 Å². The molecule has 3 heterocycles. The van der Waals surface area contributed by atoms with E-state index in [0.717, 1.165) is 38.4 Å². The number of aliphatic hydroxyl groups excluding tert-OH is 2. The van der Waals surface area contributed by atoms with Crippen molar-refractivity contribution in [1.82, 2.24) is 9.88 Å². The van der Waals surface area contributed by atoms with Crippen molar-refractivity contribution in [3.05, 3.63) is 29.8 Å². The van der Waals surface area contributed by atoms with Crippen LogP contribution in [0.5, 0.6) is 0 Å². The molecule has 2 fully saturated rings. The Labute approximate surface area is 124 Å². The smallest absolute Gasteiger partial charge is 0.141 e. The molecule has 0 aliphatic carbocycles. The summed E-state index contributed by atoms with van der Waals surface area (Å²) in [6.45, 7) is 2.79. The minimum Gasteiger partial charge on any atom is -0.393 e. The van der Waals surface area contributed by atoms with Crippen molar-refractivity contribution in [2.75, 3.05) is 6.54 Å². The maximum Gasteiger partial charge on any atom is 0.141 e. The van der Waals surface area contributed by atoms with Gasteiger partial charge in [-0.1, -0.05) is 6.92 Å². The fourth-order valence-corrected chi connectivity index (χ4v) is 3.83. The van der Waals surface area contributed by atoms with Crippen LogP contribution in [0.1, 0.15) is 44.4 Å². The Morgan fingerprint density at radius 2 is 2.00 bits per heavy atom. The van der Waals surface area contributed by atoms with Crippen molar-refractivity contribution in [1.29, 1.82) is 0 Å². The Morgan fingerprint density at radius 1 is 1.33 bits per heavy atom. The number of rotatable bonds is 4. The van der Waals surface area contributed by atoms with Gasteiger partial charge < -0.3 is 10.2 Å². The topological polar surface area (TPSA) is 56.6 Å². The molecule has 2 bridgehead atoms. The summed E-state index contributed by atoms with van der Waals surface area (Å²) < 4.78 is 12.9. The van der Waals surface area contributed by atoms with E-state index in [1.165, 1.54) is 6.07 Å². The lowest BCUT2D eigenvalue weighted by Crippen LogP contribution is -2.47. The van der Waals surface area contributed by atoms with Gasteiger partial charge in [-0.3, -0.25) is 9.88 Å². The first-order chi connectivity index (χ1) is 10.0. The van der Waals surface area contributed by atoms with Gasteiger partial charge in [-0.15, -0.1) is 0 Å². The fraction of sp³-hybridized carbons (Fsp3) is 0.688. The van der Waals surface area contributed by atoms with Gasteiger partial charge >= 0.3 is 0 Å². The molecule has 3 rings (SSSR count). The van der Waals surface area contributed by atoms with Gasteiger partial charge in [0.2, 0.25) is 0 Å². The van der Waals surface area contributed by atoms with Gasteiger partial charge in [0.1, 0.15) is 5.82 Å². The molecule has 2 aliphatic rings. The summed E-state index contributed by atoms with van der Waals surface area (Å²) in [5, 5.41) is 20.2. The monoisotopic (exact) mass is 294 g/mol. The lowest BCUT2D eigenvalue weighted by atomic mass is 9.95. The van der Waals surface area contributed by atoms with E-state index >= 15 is 0 Å². The summed E-state index contributed by atoms with van der Waals surface area (Å²) >= 11 is 0. The third-order valence-corrected chi connectivity index (χ3v) is 4.95. The SMILES string of the molecule is CC(CN1C2CCC1CC(O)C2)C(O)c1ccc(F)cn1. The molecule has 4 nitrogen and oxygen atoms in total. The number of hydrogen-bond acceptors (Lipinski definition) is 4. The summed E-state index contributed by atoms with van der Waals surface area (Å²) in [7, 11) is 0. The number of halogens is 1. The zero-order valence-electron chi connectivity index (χ0n) is 12.3. The maximum absolute atomic E-state index is 12.9. The first kappa shape index (κ1) is 14.9. The minimum absolute atomic E-state index is 0.0290. The van der Waals surface area contributed by atoms with E-state index in [9.17, 15) is 14.6 Å². The predicted molar refractivity (Wildman–Crippen MR) is 77.1 cm³/mol. The van der Waals surface area contributed by atoms with Crippen molar-refractivity contribution >= 4 is 0 Å². The summed E-state index contributed by atoms with van der Waals surface area (Å²) in [4.78, 5) is 6.41. The number of nitrogens with zero attached hydrogens (tertiary/aromatic N) is 2. The van der Waals surface area contributed by atoms with Gasteiger partial charge in [-0.25, -0.2) is 4.39 Å². The molecule has 116 valence electrons. The molecule has 2 N–H and O–H groups in total. The third kappa shape index (κ3) is 3.10. The quantitative estimate of drug-likeness (QED) is 0.890. The Kier molecular flexibility index (Phi) is 4.24. The first-order valence-corrected chi connectivity index (χ1v) is 7.78. The van der Waals surface area contributed by atoms with Gasteiger partial charge in [0.15, 0.2) is 0 Å². The second-order valence-electron chi connectivity index (χ2n) is 6.53. The van der Waals surface area contributed by atoms with Crippen LogP contribution in [-0.4, -0.2) is 44.8 Å². The van der Waals surface area contributed by atoms with Crippen molar-refractivity contribution in [3.8, 4) is 0 Å². The molecule has 1 aromatic rings. The molecule has 21 heavy (non-hydrogen) atoms. The molecule has 0 amide bonds. The number of aromatic nitrogens is 1. The first-order valence-electron chi connectivity index (χ1n) is 7.78. The highest BCUT2D eigenvalue weighted by Crippen LogP contribution is 2.37. The van der Waals surface area contributed by atoms with E-state index in [1.807, 2.05) is 6.92 Å². The normalized spacial score (nSPS) is 32.1. The van der Waals surface area contributed by atoms with E-state index in [2.05, 4.69) is 9.88 Å². The van der Waals surface area contributed by atoms with Crippen molar-refractivity contribution < 1.29 is 14.6 Å². The minimum atomic E-state index is -0.683.